The van der Waals surface area contributed by atoms with E-state index in [1.807, 2.05) is 13.1 Å². The van der Waals surface area contributed by atoms with Crippen molar-refractivity contribution in [3.63, 3.8) is 0 Å². The van der Waals surface area contributed by atoms with E-state index in [4.69, 9.17) is 9.47 Å². The summed E-state index contributed by atoms with van der Waals surface area (Å²) in [4.78, 5) is 8.99. The Kier molecular flexibility index (Phi) is 8.09. The number of nitrogens with one attached hydrogen (secondary N) is 2. The second-order valence-corrected chi connectivity index (χ2v) is 8.43. The molecule has 0 spiro atoms. The highest BCUT2D eigenvalue weighted by Gasteiger charge is 2.21. The molecule has 0 radical (unpaired) electrons. The number of piperidine rings is 1. The van der Waals surface area contributed by atoms with Gasteiger partial charge in [-0.15, -0.1) is 0 Å². The number of guanidine groups is 1. The molecule has 174 valence electrons. The first kappa shape index (κ1) is 23.6. The van der Waals surface area contributed by atoms with Crippen LogP contribution in [-0.4, -0.2) is 60.5 Å². The average molecular weight is 440 g/mol. The number of aliphatic imine (C=N–C) groups is 1. The zero-order chi connectivity index (χ0) is 23.1. The first-order chi connectivity index (χ1) is 15.4. The molecule has 3 rings (SSSR count). The lowest BCUT2D eigenvalue weighted by Crippen LogP contribution is -2.48. The summed E-state index contributed by atoms with van der Waals surface area (Å²) in [5, 5.41) is 7.09. The van der Waals surface area contributed by atoms with Crippen LogP contribution in [0, 0.1) is 6.92 Å². The van der Waals surface area contributed by atoms with Crippen molar-refractivity contribution >= 4 is 17.3 Å². The van der Waals surface area contributed by atoms with E-state index in [9.17, 15) is 0 Å². The number of anilines is 2. The molecule has 0 saturated carbocycles. The topological polar surface area (TPSA) is 61.4 Å². The Morgan fingerprint density at radius 2 is 1.72 bits per heavy atom. The van der Waals surface area contributed by atoms with E-state index in [1.54, 1.807) is 14.2 Å². The molecule has 2 aromatic rings. The number of ether oxygens (including phenoxy) is 2. The van der Waals surface area contributed by atoms with Gasteiger partial charge in [0.1, 0.15) is 11.5 Å². The molecule has 0 atom stereocenters. The summed E-state index contributed by atoms with van der Waals surface area (Å²) in [6, 6.07) is 13.0. The fourth-order valence-corrected chi connectivity index (χ4v) is 4.06. The fourth-order valence-electron chi connectivity index (χ4n) is 4.06. The quantitative estimate of drug-likeness (QED) is 0.509. The summed E-state index contributed by atoms with van der Waals surface area (Å²) in [5.41, 5.74) is 4.89. The zero-order valence-corrected chi connectivity index (χ0v) is 20.2. The number of hydrogen-bond donors (Lipinski definition) is 2. The van der Waals surface area contributed by atoms with Gasteiger partial charge in [0.2, 0.25) is 0 Å². The molecule has 2 aromatic carbocycles. The molecule has 1 heterocycles. The smallest absolute Gasteiger partial charge is 0.191 e. The highest BCUT2D eigenvalue weighted by molar-refractivity contribution is 5.80. The molecule has 0 aromatic heterocycles. The molecule has 1 fully saturated rings. The van der Waals surface area contributed by atoms with Crippen molar-refractivity contribution in [1.29, 1.82) is 0 Å². The average Bonchev–Trinajstić information content (AvgIpc) is 2.82. The van der Waals surface area contributed by atoms with Crippen molar-refractivity contribution in [3.05, 3.63) is 47.5 Å². The Labute approximate surface area is 192 Å². The van der Waals surface area contributed by atoms with Crippen LogP contribution in [0.4, 0.5) is 11.4 Å². The van der Waals surface area contributed by atoms with Crippen molar-refractivity contribution < 1.29 is 9.47 Å². The van der Waals surface area contributed by atoms with E-state index < -0.39 is 0 Å². The number of nitrogens with zero attached hydrogens (tertiary/aromatic N) is 3. The van der Waals surface area contributed by atoms with Crippen LogP contribution >= 0.6 is 0 Å². The van der Waals surface area contributed by atoms with Crippen LogP contribution in [0.15, 0.2) is 41.4 Å². The molecule has 0 amide bonds. The van der Waals surface area contributed by atoms with Crippen molar-refractivity contribution in [2.45, 2.75) is 32.4 Å². The van der Waals surface area contributed by atoms with Crippen molar-refractivity contribution in [2.24, 2.45) is 4.99 Å². The molecule has 1 aliphatic heterocycles. The van der Waals surface area contributed by atoms with E-state index in [-0.39, 0.29) is 0 Å². The first-order valence-corrected chi connectivity index (χ1v) is 11.2. The Morgan fingerprint density at radius 1 is 1.06 bits per heavy atom. The predicted molar refractivity (Wildman–Crippen MR) is 134 cm³/mol. The van der Waals surface area contributed by atoms with Crippen LogP contribution in [-0.2, 0) is 6.54 Å². The van der Waals surface area contributed by atoms with Gasteiger partial charge in [-0.25, -0.2) is 0 Å². The third-order valence-corrected chi connectivity index (χ3v) is 5.93. The lowest BCUT2D eigenvalue weighted by molar-refractivity contribution is 0.393. The molecule has 0 unspecified atom stereocenters. The van der Waals surface area contributed by atoms with E-state index >= 15 is 0 Å². The van der Waals surface area contributed by atoms with Crippen LogP contribution in [0.5, 0.6) is 11.5 Å². The minimum atomic E-state index is 0.385. The third kappa shape index (κ3) is 5.99. The minimum Gasteiger partial charge on any atom is -0.497 e. The van der Waals surface area contributed by atoms with Crippen molar-refractivity contribution in [3.8, 4) is 11.5 Å². The van der Waals surface area contributed by atoms with Crippen molar-refractivity contribution in [2.75, 3.05) is 58.3 Å². The van der Waals surface area contributed by atoms with Gasteiger partial charge in [0.05, 0.1) is 14.2 Å². The van der Waals surface area contributed by atoms with Crippen LogP contribution in [0.25, 0.3) is 0 Å². The maximum atomic E-state index is 5.42. The van der Waals surface area contributed by atoms with Crippen molar-refractivity contribution in [1.82, 2.24) is 10.6 Å². The Morgan fingerprint density at radius 3 is 2.28 bits per heavy atom. The molecule has 0 aliphatic carbocycles. The maximum absolute atomic E-state index is 5.42. The second kappa shape index (κ2) is 11.0. The van der Waals surface area contributed by atoms with E-state index in [1.165, 1.54) is 16.8 Å². The summed E-state index contributed by atoms with van der Waals surface area (Å²) in [7, 11) is 9.36. The van der Waals surface area contributed by atoms with Gasteiger partial charge in [0.25, 0.3) is 0 Å². The molecule has 1 saturated heterocycles. The van der Waals surface area contributed by atoms with Gasteiger partial charge in [0.15, 0.2) is 5.96 Å². The number of methoxy groups -OCH3 is 2. The van der Waals surface area contributed by atoms with Gasteiger partial charge in [-0.1, -0.05) is 12.1 Å². The summed E-state index contributed by atoms with van der Waals surface area (Å²) in [6.45, 7) is 4.79. The SMILES string of the molecule is CN=C(NCc1ccc(C)cc1N(C)C)NC1CCN(c2cc(OC)cc(OC)c2)CC1. The molecule has 1 aliphatic rings. The highest BCUT2D eigenvalue weighted by Crippen LogP contribution is 2.30. The third-order valence-electron chi connectivity index (χ3n) is 5.93. The van der Waals surface area contributed by atoms with Gasteiger partial charge in [-0.3, -0.25) is 4.99 Å². The second-order valence-electron chi connectivity index (χ2n) is 8.43. The molecule has 0 bridgehead atoms. The van der Waals surface area contributed by atoms with Gasteiger partial charge in [0, 0.05) is 76.4 Å². The Bertz CT molecular complexity index is 898. The largest absolute Gasteiger partial charge is 0.497 e. The molecule has 32 heavy (non-hydrogen) atoms. The van der Waals surface area contributed by atoms with Gasteiger partial charge >= 0.3 is 0 Å². The molecular formula is C25H37N5O2. The highest BCUT2D eigenvalue weighted by atomic mass is 16.5. The minimum absolute atomic E-state index is 0.385. The Hall–Kier alpha value is -3.09. The van der Waals surface area contributed by atoms with Crippen LogP contribution < -0.4 is 29.9 Å². The molecule has 7 heteroatoms. The van der Waals surface area contributed by atoms with E-state index in [0.717, 1.165) is 55.6 Å². The lowest BCUT2D eigenvalue weighted by Gasteiger charge is -2.35. The summed E-state index contributed by atoms with van der Waals surface area (Å²) >= 11 is 0. The summed E-state index contributed by atoms with van der Waals surface area (Å²) < 4.78 is 10.8. The maximum Gasteiger partial charge on any atom is 0.191 e. The van der Waals surface area contributed by atoms with E-state index in [2.05, 4.69) is 76.8 Å². The first-order valence-electron chi connectivity index (χ1n) is 11.2. The predicted octanol–water partition coefficient (Wildman–Crippen LogP) is 3.41. The molecule has 2 N–H and O–H groups in total. The number of benzene rings is 2. The van der Waals surface area contributed by atoms with E-state index in [0.29, 0.717) is 6.04 Å². The van der Waals surface area contributed by atoms with Gasteiger partial charge < -0.3 is 29.9 Å². The lowest BCUT2D eigenvalue weighted by atomic mass is 10.0. The summed E-state index contributed by atoms with van der Waals surface area (Å²) in [5.74, 6) is 2.48. The van der Waals surface area contributed by atoms with Crippen LogP contribution in [0.2, 0.25) is 0 Å². The summed E-state index contributed by atoms with van der Waals surface area (Å²) in [6.07, 6.45) is 2.07. The molecule has 7 nitrogen and oxygen atoms in total. The van der Waals surface area contributed by atoms with Gasteiger partial charge in [-0.05, 0) is 37.0 Å². The fraction of sp³-hybridized carbons (Fsp3) is 0.480. The number of rotatable bonds is 7. The number of hydrogen-bond acceptors (Lipinski definition) is 5. The zero-order valence-electron chi connectivity index (χ0n) is 20.2. The van der Waals surface area contributed by atoms with Crippen LogP contribution in [0.3, 0.4) is 0 Å². The number of aryl methyl sites for hydroxylation is 1. The van der Waals surface area contributed by atoms with Gasteiger partial charge in [-0.2, -0.15) is 0 Å². The standard InChI is InChI=1S/C25H37N5O2/c1-18-7-8-19(24(13-18)29(3)4)17-27-25(26-2)28-20-9-11-30(12-10-20)21-14-22(31-5)16-23(15-21)32-6/h7-8,13-16,20H,9-12,17H2,1-6H3,(H2,26,27,28). The monoisotopic (exact) mass is 439 g/mol. The van der Waals surface area contributed by atoms with Crippen LogP contribution in [0.1, 0.15) is 24.0 Å². The normalized spacial score (nSPS) is 14.8. The Balaban J connectivity index is 1.55. The molecular weight excluding hydrogens is 402 g/mol.